The van der Waals surface area contributed by atoms with Crippen LogP contribution in [-0.2, 0) is 10.0 Å². The summed E-state index contributed by atoms with van der Waals surface area (Å²) in [6.45, 7) is 1.92. The van der Waals surface area contributed by atoms with Gasteiger partial charge in [0.25, 0.3) is 10.0 Å². The van der Waals surface area contributed by atoms with E-state index < -0.39 is 10.0 Å². The average Bonchev–Trinajstić information content (AvgIpc) is 2.98. The zero-order valence-corrected chi connectivity index (χ0v) is 10.8. The molecule has 8 heteroatoms. The van der Waals surface area contributed by atoms with Crippen LogP contribution in [0.3, 0.4) is 0 Å². The first-order valence-corrected chi connectivity index (χ1v) is 7.25. The molecule has 2 N–H and O–H groups in total. The maximum Gasteiger partial charge on any atom is 0.272 e. The van der Waals surface area contributed by atoms with E-state index in [0.29, 0.717) is 5.92 Å². The monoisotopic (exact) mass is 262 g/mol. The summed E-state index contributed by atoms with van der Waals surface area (Å²) >= 11 is 0.898. The van der Waals surface area contributed by atoms with Crippen molar-refractivity contribution in [2.45, 2.75) is 30.1 Å². The van der Waals surface area contributed by atoms with Crippen LogP contribution in [0.2, 0.25) is 0 Å². The van der Waals surface area contributed by atoms with E-state index in [9.17, 15) is 8.42 Å². The molecule has 1 atom stereocenters. The summed E-state index contributed by atoms with van der Waals surface area (Å²) in [4.78, 5) is 0. The van der Waals surface area contributed by atoms with Gasteiger partial charge in [-0.3, -0.25) is 0 Å². The first-order valence-electron chi connectivity index (χ1n) is 5.00. The molecule has 0 radical (unpaired) electrons. The molecule has 1 aliphatic rings. The molecule has 0 saturated heterocycles. The lowest BCUT2D eigenvalue weighted by Gasteiger charge is -2.22. The number of hydrogen-bond acceptors (Lipinski definition) is 6. The van der Waals surface area contributed by atoms with Crippen molar-refractivity contribution in [2.24, 2.45) is 5.92 Å². The molecule has 1 fully saturated rings. The number of aromatic nitrogens is 2. The number of anilines is 1. The Balaban J connectivity index is 2.24. The van der Waals surface area contributed by atoms with E-state index in [-0.39, 0.29) is 15.5 Å². The number of nitrogens with two attached hydrogens (primary N) is 1. The Hall–Kier alpha value is -0.730. The zero-order chi connectivity index (χ0) is 11.9. The van der Waals surface area contributed by atoms with Crippen LogP contribution < -0.4 is 5.73 Å². The van der Waals surface area contributed by atoms with Crippen molar-refractivity contribution in [3.63, 3.8) is 0 Å². The molecule has 1 unspecified atom stereocenters. The fourth-order valence-electron chi connectivity index (χ4n) is 1.54. The molecule has 16 heavy (non-hydrogen) atoms. The van der Waals surface area contributed by atoms with Crippen molar-refractivity contribution in [3.8, 4) is 0 Å². The van der Waals surface area contributed by atoms with E-state index in [4.69, 9.17) is 5.73 Å². The maximum atomic E-state index is 12.1. The highest BCUT2D eigenvalue weighted by molar-refractivity contribution is 7.91. The average molecular weight is 262 g/mol. The Labute approximate surface area is 98.5 Å². The van der Waals surface area contributed by atoms with E-state index in [2.05, 4.69) is 10.2 Å². The summed E-state index contributed by atoms with van der Waals surface area (Å²) in [6, 6.07) is 0.00937. The molecule has 0 aliphatic heterocycles. The maximum absolute atomic E-state index is 12.1. The van der Waals surface area contributed by atoms with Gasteiger partial charge in [0.05, 0.1) is 0 Å². The topological polar surface area (TPSA) is 89.2 Å². The number of hydrogen-bond donors (Lipinski definition) is 1. The third-order valence-electron chi connectivity index (χ3n) is 2.90. The molecule has 6 nitrogen and oxygen atoms in total. The highest BCUT2D eigenvalue weighted by Gasteiger charge is 2.37. The van der Waals surface area contributed by atoms with Gasteiger partial charge in [-0.15, -0.1) is 10.2 Å². The van der Waals surface area contributed by atoms with Gasteiger partial charge in [-0.2, -0.15) is 4.31 Å². The van der Waals surface area contributed by atoms with Gasteiger partial charge in [-0.1, -0.05) is 11.3 Å². The number of sulfonamides is 1. The number of nitrogens with zero attached hydrogens (tertiary/aromatic N) is 3. The minimum atomic E-state index is -3.52. The Morgan fingerprint density at radius 3 is 2.56 bits per heavy atom. The molecular weight excluding hydrogens is 248 g/mol. The minimum absolute atomic E-state index is 0.00937. The Morgan fingerprint density at radius 1 is 1.50 bits per heavy atom. The summed E-state index contributed by atoms with van der Waals surface area (Å²) in [7, 11) is -1.94. The molecule has 90 valence electrons. The second kappa shape index (κ2) is 3.94. The van der Waals surface area contributed by atoms with Gasteiger partial charge in [0.2, 0.25) is 9.47 Å². The van der Waals surface area contributed by atoms with Crippen LogP contribution in [0.1, 0.15) is 19.8 Å². The zero-order valence-electron chi connectivity index (χ0n) is 9.12. The van der Waals surface area contributed by atoms with Crippen molar-refractivity contribution in [1.29, 1.82) is 0 Å². The standard InChI is InChI=1S/C8H14N4O2S2/c1-5(6-3-4-6)12(2)16(13,14)8-11-10-7(9)15-8/h5-6H,3-4H2,1-2H3,(H2,9,10). The smallest absolute Gasteiger partial charge is 0.272 e. The van der Waals surface area contributed by atoms with Gasteiger partial charge in [0.1, 0.15) is 0 Å². The molecular formula is C8H14N4O2S2. The van der Waals surface area contributed by atoms with Crippen molar-refractivity contribution < 1.29 is 8.42 Å². The molecule has 0 bridgehead atoms. The SMILES string of the molecule is CC(C1CC1)N(C)S(=O)(=O)c1nnc(N)s1. The van der Waals surface area contributed by atoms with Crippen molar-refractivity contribution in [2.75, 3.05) is 12.8 Å². The molecule has 1 saturated carbocycles. The summed E-state index contributed by atoms with van der Waals surface area (Å²) in [6.07, 6.45) is 2.19. The van der Waals surface area contributed by atoms with Gasteiger partial charge >= 0.3 is 0 Å². The molecule has 0 amide bonds. The lowest BCUT2D eigenvalue weighted by atomic mass is 10.2. The van der Waals surface area contributed by atoms with Gasteiger partial charge in [-0.05, 0) is 25.7 Å². The predicted octanol–water partition coefficient (Wildman–Crippen LogP) is 0.539. The predicted molar refractivity (Wildman–Crippen MR) is 61.5 cm³/mol. The summed E-state index contributed by atoms with van der Waals surface area (Å²) in [5.74, 6) is 0.477. The Bertz CT molecular complexity index is 480. The first kappa shape index (κ1) is 11.7. The lowest BCUT2D eigenvalue weighted by molar-refractivity contribution is 0.356. The Kier molecular flexibility index (Phi) is 2.89. The second-order valence-corrected chi connectivity index (χ2v) is 7.19. The highest BCUT2D eigenvalue weighted by Crippen LogP contribution is 2.36. The molecule has 0 aromatic carbocycles. The molecule has 2 rings (SSSR count). The van der Waals surface area contributed by atoms with Crippen LogP contribution in [0, 0.1) is 5.92 Å². The third kappa shape index (κ3) is 2.04. The van der Waals surface area contributed by atoms with Crippen molar-refractivity contribution in [1.82, 2.24) is 14.5 Å². The van der Waals surface area contributed by atoms with E-state index in [1.54, 1.807) is 7.05 Å². The molecule has 0 spiro atoms. The Morgan fingerprint density at radius 2 is 2.12 bits per heavy atom. The van der Waals surface area contributed by atoms with Crippen LogP contribution in [-0.4, -0.2) is 36.0 Å². The van der Waals surface area contributed by atoms with Crippen LogP contribution in [0.4, 0.5) is 5.13 Å². The quantitative estimate of drug-likeness (QED) is 0.855. The van der Waals surface area contributed by atoms with Crippen LogP contribution in [0.25, 0.3) is 0 Å². The largest absolute Gasteiger partial charge is 0.374 e. The molecule has 1 heterocycles. The van der Waals surface area contributed by atoms with Gasteiger partial charge in [0, 0.05) is 13.1 Å². The fraction of sp³-hybridized carbons (Fsp3) is 0.750. The summed E-state index contributed by atoms with van der Waals surface area (Å²) < 4.78 is 25.5. The molecule has 1 aliphatic carbocycles. The highest BCUT2D eigenvalue weighted by atomic mass is 32.2. The minimum Gasteiger partial charge on any atom is -0.374 e. The molecule has 1 aromatic heterocycles. The lowest BCUT2D eigenvalue weighted by Crippen LogP contribution is -2.36. The third-order valence-corrected chi connectivity index (χ3v) is 5.94. The number of nitrogen functional groups attached to an aromatic ring is 1. The van der Waals surface area contributed by atoms with E-state index >= 15 is 0 Å². The van der Waals surface area contributed by atoms with Crippen LogP contribution in [0.15, 0.2) is 4.34 Å². The van der Waals surface area contributed by atoms with Gasteiger partial charge in [0.15, 0.2) is 0 Å². The summed E-state index contributed by atoms with van der Waals surface area (Å²) in [5, 5.41) is 7.28. The van der Waals surface area contributed by atoms with E-state index in [1.165, 1.54) is 4.31 Å². The number of rotatable bonds is 4. The molecule has 1 aromatic rings. The normalized spacial score (nSPS) is 18.9. The van der Waals surface area contributed by atoms with Crippen LogP contribution in [0.5, 0.6) is 0 Å². The van der Waals surface area contributed by atoms with Crippen LogP contribution >= 0.6 is 11.3 Å². The summed E-state index contributed by atoms with van der Waals surface area (Å²) in [5.41, 5.74) is 5.39. The van der Waals surface area contributed by atoms with Gasteiger partial charge < -0.3 is 5.73 Å². The second-order valence-electron chi connectivity index (χ2n) is 4.01. The van der Waals surface area contributed by atoms with E-state index in [1.807, 2.05) is 6.92 Å². The van der Waals surface area contributed by atoms with Crippen molar-refractivity contribution >= 4 is 26.5 Å². The van der Waals surface area contributed by atoms with E-state index in [0.717, 1.165) is 24.2 Å². The van der Waals surface area contributed by atoms with Crippen molar-refractivity contribution in [3.05, 3.63) is 0 Å². The van der Waals surface area contributed by atoms with Gasteiger partial charge in [-0.25, -0.2) is 8.42 Å². The first-order chi connectivity index (χ1) is 7.43. The fourth-order valence-corrected chi connectivity index (χ4v) is 3.91.